The minimum atomic E-state index is -0.208. The average Bonchev–Trinajstić information content (AvgIpc) is 2.39. The van der Waals surface area contributed by atoms with Gasteiger partial charge in [0.15, 0.2) is 0 Å². The maximum Gasteiger partial charge on any atom is 0.123 e. The van der Waals surface area contributed by atoms with Gasteiger partial charge in [-0.25, -0.2) is 4.39 Å². The fourth-order valence-corrected chi connectivity index (χ4v) is 2.06. The van der Waals surface area contributed by atoms with Gasteiger partial charge in [0.05, 0.1) is 0 Å². The first kappa shape index (κ1) is 13.1. The average molecular weight is 264 g/mol. The summed E-state index contributed by atoms with van der Waals surface area (Å²) in [5.41, 5.74) is 2.27. The Hall–Kier alpha value is -1.38. The molecular formula is C15H15ClFN. The van der Waals surface area contributed by atoms with E-state index < -0.39 is 0 Å². The van der Waals surface area contributed by atoms with Crippen molar-refractivity contribution in [3.8, 4) is 0 Å². The number of likely N-dealkylation sites (N-methyl/N-ethyl adjacent to an activating group) is 1. The molecule has 1 unspecified atom stereocenters. The van der Waals surface area contributed by atoms with Crippen LogP contribution in [0.3, 0.4) is 0 Å². The predicted octanol–water partition coefficient (Wildman–Crippen LogP) is 3.98. The summed E-state index contributed by atoms with van der Waals surface area (Å²) in [6.45, 7) is 0. The molecule has 0 fully saturated rings. The van der Waals surface area contributed by atoms with Crippen LogP contribution >= 0.6 is 11.6 Å². The molecule has 0 saturated carbocycles. The lowest BCUT2D eigenvalue weighted by Gasteiger charge is -2.16. The quantitative estimate of drug-likeness (QED) is 0.880. The summed E-state index contributed by atoms with van der Waals surface area (Å²) in [7, 11) is 1.91. The summed E-state index contributed by atoms with van der Waals surface area (Å²) in [5.74, 6) is -0.208. The Kier molecular flexibility index (Phi) is 4.34. The Morgan fingerprint density at radius 3 is 2.22 bits per heavy atom. The third-order valence-corrected chi connectivity index (χ3v) is 3.23. The molecular weight excluding hydrogens is 249 g/mol. The lowest BCUT2D eigenvalue weighted by atomic mass is 9.99. The molecule has 0 saturated heterocycles. The highest BCUT2D eigenvalue weighted by Gasteiger charge is 2.10. The number of benzene rings is 2. The number of rotatable bonds is 4. The van der Waals surface area contributed by atoms with Gasteiger partial charge >= 0.3 is 0 Å². The third-order valence-electron chi connectivity index (χ3n) is 2.97. The van der Waals surface area contributed by atoms with E-state index in [1.165, 1.54) is 17.7 Å². The third kappa shape index (κ3) is 3.31. The van der Waals surface area contributed by atoms with Gasteiger partial charge in [0.2, 0.25) is 0 Å². The molecule has 0 aliphatic heterocycles. The van der Waals surface area contributed by atoms with Crippen LogP contribution in [0.5, 0.6) is 0 Å². The van der Waals surface area contributed by atoms with Crippen LogP contribution in [0.1, 0.15) is 17.2 Å². The fourth-order valence-electron chi connectivity index (χ4n) is 1.94. The fraction of sp³-hybridized carbons (Fsp3) is 0.200. The zero-order valence-electron chi connectivity index (χ0n) is 10.2. The standard InChI is InChI=1S/C15H15ClFN/c1-18-15(12-4-8-14(17)9-5-12)10-11-2-6-13(16)7-3-11/h2-9,15,18H,10H2,1H3. The van der Waals surface area contributed by atoms with Gasteiger partial charge < -0.3 is 5.32 Å². The van der Waals surface area contributed by atoms with Gasteiger partial charge in [-0.1, -0.05) is 35.9 Å². The second-order valence-electron chi connectivity index (χ2n) is 4.22. The molecule has 1 N–H and O–H groups in total. The molecule has 0 amide bonds. The monoisotopic (exact) mass is 263 g/mol. The van der Waals surface area contributed by atoms with Crippen LogP contribution in [0, 0.1) is 5.82 Å². The number of nitrogens with one attached hydrogen (secondary N) is 1. The molecule has 2 aromatic carbocycles. The van der Waals surface area contributed by atoms with E-state index in [9.17, 15) is 4.39 Å². The summed E-state index contributed by atoms with van der Waals surface area (Å²) in [5, 5.41) is 3.98. The maximum absolute atomic E-state index is 12.9. The van der Waals surface area contributed by atoms with E-state index in [1.807, 2.05) is 43.4 Å². The Morgan fingerprint density at radius 1 is 1.06 bits per heavy atom. The normalized spacial score (nSPS) is 12.4. The van der Waals surface area contributed by atoms with Gasteiger partial charge in [0.25, 0.3) is 0 Å². The van der Waals surface area contributed by atoms with Crippen LogP contribution in [0.25, 0.3) is 0 Å². The molecule has 2 rings (SSSR count). The van der Waals surface area contributed by atoms with Crippen molar-refractivity contribution in [3.05, 3.63) is 70.5 Å². The van der Waals surface area contributed by atoms with Crippen molar-refractivity contribution in [3.63, 3.8) is 0 Å². The zero-order valence-corrected chi connectivity index (χ0v) is 10.9. The molecule has 94 valence electrons. The Balaban J connectivity index is 2.14. The van der Waals surface area contributed by atoms with Crippen molar-refractivity contribution < 1.29 is 4.39 Å². The van der Waals surface area contributed by atoms with Crippen LogP contribution < -0.4 is 5.32 Å². The number of hydrogen-bond donors (Lipinski definition) is 1. The van der Waals surface area contributed by atoms with E-state index in [0.717, 1.165) is 17.0 Å². The summed E-state index contributed by atoms with van der Waals surface area (Å²) in [6, 6.07) is 14.6. The van der Waals surface area contributed by atoms with Crippen LogP contribution in [-0.4, -0.2) is 7.05 Å². The minimum absolute atomic E-state index is 0.173. The maximum atomic E-state index is 12.9. The molecule has 1 atom stereocenters. The van der Waals surface area contributed by atoms with E-state index in [2.05, 4.69) is 5.32 Å². The first-order valence-corrected chi connectivity index (χ1v) is 6.24. The van der Waals surface area contributed by atoms with Gasteiger partial charge in [0.1, 0.15) is 5.82 Å². The van der Waals surface area contributed by atoms with Crippen LogP contribution in [0.15, 0.2) is 48.5 Å². The van der Waals surface area contributed by atoms with Crippen molar-refractivity contribution in [2.45, 2.75) is 12.5 Å². The molecule has 0 heterocycles. The largest absolute Gasteiger partial charge is 0.313 e. The summed E-state index contributed by atoms with van der Waals surface area (Å²) < 4.78 is 12.9. The van der Waals surface area contributed by atoms with Gasteiger partial charge in [0, 0.05) is 11.1 Å². The van der Waals surface area contributed by atoms with Gasteiger partial charge in [-0.3, -0.25) is 0 Å². The van der Waals surface area contributed by atoms with Gasteiger partial charge in [-0.15, -0.1) is 0 Å². The highest BCUT2D eigenvalue weighted by molar-refractivity contribution is 6.30. The highest BCUT2D eigenvalue weighted by atomic mass is 35.5. The van der Waals surface area contributed by atoms with E-state index in [1.54, 1.807) is 0 Å². The van der Waals surface area contributed by atoms with Crippen molar-refractivity contribution in [1.29, 1.82) is 0 Å². The summed E-state index contributed by atoms with van der Waals surface area (Å²) >= 11 is 5.86. The smallest absolute Gasteiger partial charge is 0.123 e. The summed E-state index contributed by atoms with van der Waals surface area (Å²) in [6.07, 6.45) is 0.847. The van der Waals surface area contributed by atoms with E-state index in [4.69, 9.17) is 11.6 Å². The molecule has 0 bridgehead atoms. The van der Waals surface area contributed by atoms with Crippen LogP contribution in [0.2, 0.25) is 5.02 Å². The van der Waals surface area contributed by atoms with Crippen LogP contribution in [-0.2, 0) is 6.42 Å². The second kappa shape index (κ2) is 5.98. The van der Waals surface area contributed by atoms with Gasteiger partial charge in [-0.2, -0.15) is 0 Å². The lowest BCUT2D eigenvalue weighted by molar-refractivity contribution is 0.586. The SMILES string of the molecule is CNC(Cc1ccc(Cl)cc1)c1ccc(F)cc1. The van der Waals surface area contributed by atoms with Crippen molar-refractivity contribution >= 4 is 11.6 Å². The lowest BCUT2D eigenvalue weighted by Crippen LogP contribution is -2.18. The molecule has 0 aliphatic rings. The van der Waals surface area contributed by atoms with E-state index in [0.29, 0.717) is 0 Å². The minimum Gasteiger partial charge on any atom is -0.313 e. The predicted molar refractivity (Wildman–Crippen MR) is 73.4 cm³/mol. The first-order valence-electron chi connectivity index (χ1n) is 5.86. The van der Waals surface area contributed by atoms with Crippen molar-refractivity contribution in [2.24, 2.45) is 0 Å². The topological polar surface area (TPSA) is 12.0 Å². The van der Waals surface area contributed by atoms with Gasteiger partial charge in [-0.05, 0) is 48.9 Å². The molecule has 0 radical (unpaired) electrons. The molecule has 3 heteroatoms. The molecule has 18 heavy (non-hydrogen) atoms. The number of halogens is 2. The number of hydrogen-bond acceptors (Lipinski definition) is 1. The molecule has 0 spiro atoms. The first-order chi connectivity index (χ1) is 8.69. The van der Waals surface area contributed by atoms with E-state index >= 15 is 0 Å². The Bertz CT molecular complexity index is 493. The van der Waals surface area contributed by atoms with Crippen molar-refractivity contribution in [2.75, 3.05) is 7.05 Å². The Morgan fingerprint density at radius 2 is 1.67 bits per heavy atom. The highest BCUT2D eigenvalue weighted by Crippen LogP contribution is 2.19. The van der Waals surface area contributed by atoms with Crippen LogP contribution in [0.4, 0.5) is 4.39 Å². The van der Waals surface area contributed by atoms with Crippen molar-refractivity contribution in [1.82, 2.24) is 5.32 Å². The van der Waals surface area contributed by atoms with E-state index in [-0.39, 0.29) is 11.9 Å². The molecule has 0 aromatic heterocycles. The summed E-state index contributed by atoms with van der Waals surface area (Å²) in [4.78, 5) is 0. The molecule has 0 aliphatic carbocycles. The zero-order chi connectivity index (χ0) is 13.0. The second-order valence-corrected chi connectivity index (χ2v) is 4.66. The molecule has 2 aromatic rings. The molecule has 1 nitrogen and oxygen atoms in total. The Labute approximate surface area is 112 Å².